The summed E-state index contributed by atoms with van der Waals surface area (Å²) in [5.74, 6) is 3.96. The second-order valence-corrected chi connectivity index (χ2v) is 8.27. The zero-order chi connectivity index (χ0) is 13.3. The summed E-state index contributed by atoms with van der Waals surface area (Å²) in [6, 6.07) is 0. The Bertz CT molecular complexity index is 345. The Hall–Kier alpha value is -0.180. The van der Waals surface area contributed by atoms with Gasteiger partial charge in [-0.25, -0.2) is 0 Å². The first-order valence-electron chi connectivity index (χ1n) is 8.11. The molecule has 0 aromatic heterocycles. The van der Waals surface area contributed by atoms with E-state index in [2.05, 4.69) is 19.2 Å². The number of hydrogen-bond donors (Lipinski definition) is 1. The van der Waals surface area contributed by atoms with Gasteiger partial charge in [0.15, 0.2) is 5.17 Å². The van der Waals surface area contributed by atoms with Crippen LogP contribution >= 0.6 is 11.8 Å². The van der Waals surface area contributed by atoms with Gasteiger partial charge in [0.25, 0.3) is 0 Å². The topological polar surface area (TPSA) is 24.4 Å². The van der Waals surface area contributed by atoms with E-state index in [-0.39, 0.29) is 0 Å². The van der Waals surface area contributed by atoms with Gasteiger partial charge in [0, 0.05) is 17.8 Å². The Morgan fingerprint density at radius 2 is 1.95 bits per heavy atom. The largest absolute Gasteiger partial charge is 0.359 e. The molecule has 3 aliphatic rings. The molecule has 3 fully saturated rings. The van der Waals surface area contributed by atoms with Crippen molar-refractivity contribution in [2.75, 3.05) is 12.3 Å². The Morgan fingerprint density at radius 3 is 2.63 bits per heavy atom. The van der Waals surface area contributed by atoms with Crippen molar-refractivity contribution < 1.29 is 0 Å². The van der Waals surface area contributed by atoms with E-state index in [1.165, 1.54) is 55.9 Å². The molecular weight excluding hydrogens is 252 g/mol. The minimum absolute atomic E-state index is 0.402. The van der Waals surface area contributed by atoms with E-state index in [1.54, 1.807) is 0 Å². The van der Waals surface area contributed by atoms with Crippen LogP contribution in [0.1, 0.15) is 58.8 Å². The summed E-state index contributed by atoms with van der Waals surface area (Å²) in [7, 11) is 0. The maximum Gasteiger partial charge on any atom is 0.157 e. The summed E-state index contributed by atoms with van der Waals surface area (Å²) in [5.41, 5.74) is 0.402. The number of thioether (sulfide) groups is 1. The third-order valence-corrected chi connectivity index (χ3v) is 6.59. The summed E-state index contributed by atoms with van der Waals surface area (Å²) >= 11 is 1.97. The molecule has 1 saturated heterocycles. The summed E-state index contributed by atoms with van der Waals surface area (Å²) in [4.78, 5) is 4.88. The van der Waals surface area contributed by atoms with Gasteiger partial charge in [-0.2, -0.15) is 0 Å². The average molecular weight is 280 g/mol. The molecule has 2 atom stereocenters. The fourth-order valence-electron chi connectivity index (χ4n) is 3.88. The standard InChI is InChI=1S/C16H28N2S/c1-12-5-7-16(8-6-12)11-19-15(18-16)17-10-14-4-3-13(2)9-14/h12-14H,3-11H2,1-2H3,(H,17,18). The number of nitrogens with one attached hydrogen (secondary N) is 1. The lowest BCUT2D eigenvalue weighted by molar-refractivity contribution is 0.250. The van der Waals surface area contributed by atoms with Crippen molar-refractivity contribution in [3.05, 3.63) is 0 Å². The third-order valence-electron chi connectivity index (χ3n) is 5.39. The fourth-order valence-corrected chi connectivity index (χ4v) is 5.11. The zero-order valence-electron chi connectivity index (χ0n) is 12.5. The molecule has 1 heterocycles. The molecule has 3 heteroatoms. The van der Waals surface area contributed by atoms with Crippen LogP contribution in [0, 0.1) is 17.8 Å². The average Bonchev–Trinajstić information content (AvgIpc) is 2.99. The number of rotatable bonds is 2. The van der Waals surface area contributed by atoms with Crippen LogP contribution in [0.5, 0.6) is 0 Å². The molecule has 1 aliphatic heterocycles. The first kappa shape index (κ1) is 13.8. The van der Waals surface area contributed by atoms with Gasteiger partial charge in [0.05, 0.1) is 0 Å². The molecule has 2 nitrogen and oxygen atoms in total. The summed E-state index contributed by atoms with van der Waals surface area (Å²) in [5, 5.41) is 5.02. The maximum atomic E-state index is 4.88. The van der Waals surface area contributed by atoms with E-state index >= 15 is 0 Å². The number of nitrogens with zero attached hydrogens (tertiary/aromatic N) is 1. The number of aliphatic imine (C=N–C) groups is 1. The van der Waals surface area contributed by atoms with Crippen LogP contribution in [-0.4, -0.2) is 23.0 Å². The van der Waals surface area contributed by atoms with E-state index in [4.69, 9.17) is 4.99 Å². The fraction of sp³-hybridized carbons (Fsp3) is 0.938. The van der Waals surface area contributed by atoms with E-state index in [0.717, 1.165) is 24.3 Å². The molecule has 19 heavy (non-hydrogen) atoms. The summed E-state index contributed by atoms with van der Waals surface area (Å²) in [6.45, 7) is 5.84. The van der Waals surface area contributed by atoms with Crippen LogP contribution in [0.3, 0.4) is 0 Å². The monoisotopic (exact) mass is 280 g/mol. The van der Waals surface area contributed by atoms with E-state index in [1.807, 2.05) is 11.8 Å². The number of amidine groups is 1. The highest BCUT2D eigenvalue weighted by molar-refractivity contribution is 8.14. The normalized spacial score (nSPS) is 44.9. The molecule has 1 spiro atoms. The summed E-state index contributed by atoms with van der Waals surface area (Å²) < 4.78 is 0. The van der Waals surface area contributed by atoms with Crippen LogP contribution in [0.25, 0.3) is 0 Å². The maximum absolute atomic E-state index is 4.88. The van der Waals surface area contributed by atoms with Crippen LogP contribution in [0.4, 0.5) is 0 Å². The van der Waals surface area contributed by atoms with Crippen LogP contribution in [-0.2, 0) is 0 Å². The van der Waals surface area contributed by atoms with Crippen molar-refractivity contribution in [2.24, 2.45) is 22.7 Å². The smallest absolute Gasteiger partial charge is 0.157 e. The van der Waals surface area contributed by atoms with E-state index in [0.29, 0.717) is 5.54 Å². The Labute approximate surface area is 122 Å². The molecule has 2 unspecified atom stereocenters. The van der Waals surface area contributed by atoms with E-state index in [9.17, 15) is 0 Å². The third kappa shape index (κ3) is 3.29. The van der Waals surface area contributed by atoms with E-state index < -0.39 is 0 Å². The lowest BCUT2D eigenvalue weighted by atomic mass is 9.78. The summed E-state index contributed by atoms with van der Waals surface area (Å²) in [6.07, 6.45) is 9.68. The highest BCUT2D eigenvalue weighted by Gasteiger charge is 2.39. The second kappa shape index (κ2) is 5.67. The van der Waals surface area contributed by atoms with Crippen molar-refractivity contribution in [1.82, 2.24) is 5.32 Å². The molecule has 0 aromatic rings. The lowest BCUT2D eigenvalue weighted by Crippen LogP contribution is -2.46. The molecular formula is C16H28N2S. The molecule has 0 amide bonds. The first-order chi connectivity index (χ1) is 9.15. The van der Waals surface area contributed by atoms with Gasteiger partial charge in [-0.05, 0) is 56.3 Å². The Kier molecular flexibility index (Phi) is 4.11. The van der Waals surface area contributed by atoms with Crippen molar-refractivity contribution in [2.45, 2.75) is 64.3 Å². The zero-order valence-corrected chi connectivity index (χ0v) is 13.3. The van der Waals surface area contributed by atoms with Gasteiger partial charge >= 0.3 is 0 Å². The second-order valence-electron chi connectivity index (χ2n) is 7.31. The first-order valence-corrected chi connectivity index (χ1v) is 9.09. The van der Waals surface area contributed by atoms with Gasteiger partial charge in [-0.15, -0.1) is 0 Å². The number of hydrogen-bond acceptors (Lipinski definition) is 2. The lowest BCUT2D eigenvalue weighted by Gasteiger charge is -2.35. The van der Waals surface area contributed by atoms with Crippen molar-refractivity contribution in [3.8, 4) is 0 Å². The van der Waals surface area contributed by atoms with Crippen molar-refractivity contribution >= 4 is 16.9 Å². The predicted molar refractivity (Wildman–Crippen MR) is 84.8 cm³/mol. The highest BCUT2D eigenvalue weighted by atomic mass is 32.2. The van der Waals surface area contributed by atoms with Crippen molar-refractivity contribution in [3.63, 3.8) is 0 Å². The Balaban J connectivity index is 1.51. The molecule has 0 radical (unpaired) electrons. The highest BCUT2D eigenvalue weighted by Crippen LogP contribution is 2.38. The predicted octanol–water partition coefficient (Wildman–Crippen LogP) is 4.06. The Morgan fingerprint density at radius 1 is 1.16 bits per heavy atom. The molecule has 0 bridgehead atoms. The SMILES string of the molecule is CC1CCC2(CC1)CSC(=NCC1CCC(C)C1)N2. The van der Waals surface area contributed by atoms with Crippen LogP contribution in [0.15, 0.2) is 4.99 Å². The molecule has 2 aliphatic carbocycles. The van der Waals surface area contributed by atoms with Crippen LogP contribution < -0.4 is 5.32 Å². The molecule has 1 N–H and O–H groups in total. The van der Waals surface area contributed by atoms with Crippen LogP contribution in [0.2, 0.25) is 0 Å². The quantitative estimate of drug-likeness (QED) is 0.825. The molecule has 3 rings (SSSR count). The van der Waals surface area contributed by atoms with Gasteiger partial charge in [0.1, 0.15) is 0 Å². The minimum Gasteiger partial charge on any atom is -0.359 e. The molecule has 108 valence electrons. The minimum atomic E-state index is 0.402. The van der Waals surface area contributed by atoms with Crippen molar-refractivity contribution in [1.29, 1.82) is 0 Å². The van der Waals surface area contributed by atoms with Gasteiger partial charge in [-0.3, -0.25) is 4.99 Å². The van der Waals surface area contributed by atoms with Gasteiger partial charge < -0.3 is 5.32 Å². The molecule has 2 saturated carbocycles. The molecule has 0 aromatic carbocycles. The van der Waals surface area contributed by atoms with Gasteiger partial charge in [-0.1, -0.05) is 32.0 Å². The van der Waals surface area contributed by atoms with Gasteiger partial charge in [0.2, 0.25) is 0 Å².